The number of hydrogen-bond acceptors (Lipinski definition) is 4. The number of para-hydroxylation sites is 2. The first-order chi connectivity index (χ1) is 13.7. The smallest absolute Gasteiger partial charge is 0.255 e. The van der Waals surface area contributed by atoms with E-state index in [9.17, 15) is 19.5 Å². The van der Waals surface area contributed by atoms with E-state index in [4.69, 9.17) is 23.2 Å². The second-order valence-electron chi connectivity index (χ2n) is 6.33. The summed E-state index contributed by atoms with van der Waals surface area (Å²) in [4.78, 5) is 37.4. The zero-order valence-electron chi connectivity index (χ0n) is 15.8. The van der Waals surface area contributed by atoms with Gasteiger partial charge in [0.1, 0.15) is 11.7 Å². The molecule has 0 aliphatic heterocycles. The first-order valence-corrected chi connectivity index (χ1v) is 9.46. The molecular weight excluding hydrogens is 415 g/mol. The van der Waals surface area contributed by atoms with Gasteiger partial charge in [-0.25, -0.2) is 0 Å². The Kier molecular flexibility index (Phi) is 7.82. The minimum Gasteiger partial charge on any atom is -0.512 e. The molecule has 0 aliphatic carbocycles. The van der Waals surface area contributed by atoms with Gasteiger partial charge in [-0.15, -0.1) is 0 Å². The lowest BCUT2D eigenvalue weighted by Gasteiger charge is -2.17. The number of Topliss-reactive ketones (excluding diaryl/α,β-unsaturated/α-hetero) is 1. The van der Waals surface area contributed by atoms with Gasteiger partial charge in [0, 0.05) is 0 Å². The van der Waals surface area contributed by atoms with E-state index >= 15 is 0 Å². The van der Waals surface area contributed by atoms with E-state index in [1.165, 1.54) is 13.8 Å². The molecule has 0 fully saturated rings. The van der Waals surface area contributed by atoms with Crippen LogP contribution in [0, 0.1) is 5.92 Å². The Bertz CT molecular complexity index is 969. The molecule has 2 amide bonds. The number of benzene rings is 2. The van der Waals surface area contributed by atoms with E-state index in [1.54, 1.807) is 48.5 Å². The van der Waals surface area contributed by atoms with Crippen LogP contribution >= 0.6 is 23.2 Å². The Morgan fingerprint density at radius 3 is 1.83 bits per heavy atom. The molecule has 29 heavy (non-hydrogen) atoms. The summed E-state index contributed by atoms with van der Waals surface area (Å²) < 4.78 is 0. The number of halogens is 2. The van der Waals surface area contributed by atoms with E-state index in [2.05, 4.69) is 10.6 Å². The fourth-order valence-corrected chi connectivity index (χ4v) is 2.94. The molecule has 0 heterocycles. The summed E-state index contributed by atoms with van der Waals surface area (Å²) in [6.45, 7) is 2.55. The van der Waals surface area contributed by atoms with E-state index in [0.717, 1.165) is 0 Å². The van der Waals surface area contributed by atoms with Crippen molar-refractivity contribution < 1.29 is 19.5 Å². The molecule has 2 aromatic carbocycles. The van der Waals surface area contributed by atoms with Crippen LogP contribution in [-0.2, 0) is 14.4 Å². The summed E-state index contributed by atoms with van der Waals surface area (Å²) in [6, 6.07) is 13.2. The second-order valence-corrected chi connectivity index (χ2v) is 7.15. The first kappa shape index (κ1) is 22.5. The highest BCUT2D eigenvalue weighted by molar-refractivity contribution is 6.34. The molecule has 2 aromatic rings. The lowest BCUT2D eigenvalue weighted by Crippen LogP contribution is -2.31. The largest absolute Gasteiger partial charge is 0.512 e. The third-order valence-electron chi connectivity index (χ3n) is 4.18. The van der Waals surface area contributed by atoms with Crippen LogP contribution in [0.3, 0.4) is 0 Å². The maximum absolute atomic E-state index is 12.7. The normalized spacial score (nSPS) is 12.6. The van der Waals surface area contributed by atoms with Gasteiger partial charge in [-0.1, -0.05) is 47.5 Å². The van der Waals surface area contributed by atoms with Gasteiger partial charge in [-0.3, -0.25) is 14.4 Å². The Hall–Kier alpha value is -2.83. The monoisotopic (exact) mass is 434 g/mol. The Balaban J connectivity index is 2.21. The van der Waals surface area contributed by atoms with Crippen molar-refractivity contribution in [2.45, 2.75) is 20.3 Å². The van der Waals surface area contributed by atoms with Crippen molar-refractivity contribution >= 4 is 52.2 Å². The van der Waals surface area contributed by atoms with Crippen molar-refractivity contribution in [3.8, 4) is 0 Å². The average molecular weight is 435 g/mol. The van der Waals surface area contributed by atoms with Crippen molar-refractivity contribution in [1.82, 2.24) is 0 Å². The highest BCUT2D eigenvalue weighted by Crippen LogP contribution is 2.25. The first-order valence-electron chi connectivity index (χ1n) is 8.71. The number of nitrogens with one attached hydrogen (secondary N) is 2. The SMILES string of the molecule is CC(=O)C(C/C(C(=O)Nc1ccccc1Cl)=C(\C)O)C(=O)Nc1ccccc1Cl. The number of ketones is 1. The minimum absolute atomic E-state index is 0.0978. The van der Waals surface area contributed by atoms with Gasteiger partial charge in [0.15, 0.2) is 0 Å². The van der Waals surface area contributed by atoms with Crippen LogP contribution in [0.2, 0.25) is 10.0 Å². The number of amides is 2. The summed E-state index contributed by atoms with van der Waals surface area (Å²) >= 11 is 12.1. The standard InChI is InChI=1S/C21H20Cl2N2O4/c1-12(26)14(20(28)24-18-9-5-3-7-16(18)22)11-15(13(2)27)21(29)25-19-10-6-4-8-17(19)23/h3-10,14,27H,11H2,1-2H3,(H,24,28)(H,25,29)/b15-13-. The maximum atomic E-state index is 12.7. The van der Waals surface area contributed by atoms with Crippen molar-refractivity contribution in [3.05, 3.63) is 69.9 Å². The van der Waals surface area contributed by atoms with Gasteiger partial charge in [-0.2, -0.15) is 0 Å². The molecule has 152 valence electrons. The van der Waals surface area contributed by atoms with Crippen LogP contribution in [0.5, 0.6) is 0 Å². The number of rotatable bonds is 7. The molecule has 0 spiro atoms. The van der Waals surface area contributed by atoms with Gasteiger partial charge in [-0.05, 0) is 44.5 Å². The lowest BCUT2D eigenvalue weighted by molar-refractivity contribution is -0.129. The zero-order valence-corrected chi connectivity index (χ0v) is 17.3. The van der Waals surface area contributed by atoms with E-state index in [1.807, 2.05) is 0 Å². The Labute approximate surface area is 178 Å². The zero-order chi connectivity index (χ0) is 21.6. The predicted octanol–water partition coefficient (Wildman–Crippen LogP) is 5.00. The molecule has 0 aliphatic rings. The van der Waals surface area contributed by atoms with Crippen LogP contribution < -0.4 is 10.6 Å². The summed E-state index contributed by atoms with van der Waals surface area (Å²) in [5.74, 6) is -3.24. The van der Waals surface area contributed by atoms with E-state index < -0.39 is 23.5 Å². The van der Waals surface area contributed by atoms with Gasteiger partial charge in [0.25, 0.3) is 5.91 Å². The molecule has 6 nitrogen and oxygen atoms in total. The van der Waals surface area contributed by atoms with Gasteiger partial charge >= 0.3 is 0 Å². The average Bonchev–Trinajstić information content (AvgIpc) is 2.65. The second kappa shape index (κ2) is 10.1. The van der Waals surface area contributed by atoms with Gasteiger partial charge < -0.3 is 15.7 Å². The molecule has 0 aromatic heterocycles. The van der Waals surface area contributed by atoms with Crippen molar-refractivity contribution in [2.24, 2.45) is 5.92 Å². The lowest BCUT2D eigenvalue weighted by atomic mass is 9.93. The number of carbonyl (C=O) groups is 3. The fraction of sp³-hybridized carbons (Fsp3) is 0.190. The van der Waals surface area contributed by atoms with Crippen molar-refractivity contribution in [3.63, 3.8) is 0 Å². The van der Waals surface area contributed by atoms with E-state index in [-0.39, 0.29) is 17.8 Å². The highest BCUT2D eigenvalue weighted by Gasteiger charge is 2.29. The molecular formula is C21H20Cl2N2O4. The molecule has 2 rings (SSSR count). The van der Waals surface area contributed by atoms with Crippen LogP contribution in [0.15, 0.2) is 59.9 Å². The molecule has 8 heteroatoms. The number of anilines is 2. The fourth-order valence-electron chi connectivity index (χ4n) is 2.57. The molecule has 0 saturated heterocycles. The molecule has 0 bridgehead atoms. The summed E-state index contributed by atoms with van der Waals surface area (Å²) in [6.07, 6.45) is -0.287. The highest BCUT2D eigenvalue weighted by atomic mass is 35.5. The van der Waals surface area contributed by atoms with Crippen LogP contribution in [0.25, 0.3) is 0 Å². The van der Waals surface area contributed by atoms with Crippen molar-refractivity contribution in [1.29, 1.82) is 0 Å². The van der Waals surface area contributed by atoms with Crippen LogP contribution in [-0.4, -0.2) is 22.7 Å². The quantitative estimate of drug-likeness (QED) is 0.324. The van der Waals surface area contributed by atoms with Crippen LogP contribution in [0.1, 0.15) is 20.3 Å². The summed E-state index contributed by atoms with van der Waals surface area (Å²) in [5.41, 5.74) is 0.592. The molecule has 3 N–H and O–H groups in total. The maximum Gasteiger partial charge on any atom is 0.255 e. The number of hydrogen-bond donors (Lipinski definition) is 3. The van der Waals surface area contributed by atoms with Crippen LogP contribution in [0.4, 0.5) is 11.4 Å². The van der Waals surface area contributed by atoms with Crippen molar-refractivity contribution in [2.75, 3.05) is 10.6 Å². The van der Waals surface area contributed by atoms with Gasteiger partial charge in [0.2, 0.25) is 5.91 Å². The van der Waals surface area contributed by atoms with Gasteiger partial charge in [0.05, 0.1) is 32.8 Å². The molecule has 0 saturated carbocycles. The number of allylic oxidation sites excluding steroid dienone is 1. The molecule has 1 atom stereocenters. The topological polar surface area (TPSA) is 95.5 Å². The number of aliphatic hydroxyl groups is 1. The third-order valence-corrected chi connectivity index (χ3v) is 4.84. The summed E-state index contributed by atoms with van der Waals surface area (Å²) in [5, 5.41) is 15.8. The number of aliphatic hydroxyl groups excluding tert-OH is 1. The van der Waals surface area contributed by atoms with E-state index in [0.29, 0.717) is 21.4 Å². The third kappa shape index (κ3) is 6.07. The molecule has 1 unspecified atom stereocenters. The number of carbonyl (C=O) groups excluding carboxylic acids is 3. The minimum atomic E-state index is -1.19. The molecule has 0 radical (unpaired) electrons. The Morgan fingerprint density at radius 2 is 1.38 bits per heavy atom. The predicted molar refractivity (Wildman–Crippen MR) is 114 cm³/mol. The Morgan fingerprint density at radius 1 is 0.897 bits per heavy atom. The summed E-state index contributed by atoms with van der Waals surface area (Å²) in [7, 11) is 0.